The summed E-state index contributed by atoms with van der Waals surface area (Å²) in [6.45, 7) is 8.25. The van der Waals surface area contributed by atoms with Crippen LogP contribution in [0.15, 0.2) is 40.9 Å². The zero-order chi connectivity index (χ0) is 22.0. The van der Waals surface area contributed by atoms with Crippen molar-refractivity contribution in [3.05, 3.63) is 41.7 Å². The average Bonchev–Trinajstić information content (AvgIpc) is 2.98. The van der Waals surface area contributed by atoms with Gasteiger partial charge in [-0.05, 0) is 64.7 Å². The third kappa shape index (κ3) is 4.54. The van der Waals surface area contributed by atoms with Crippen LogP contribution in [0.25, 0.3) is 0 Å². The van der Waals surface area contributed by atoms with E-state index in [1.807, 2.05) is 6.07 Å². The number of amides is 2. The normalized spacial score (nSPS) is 28.9. The predicted molar refractivity (Wildman–Crippen MR) is 124 cm³/mol. The van der Waals surface area contributed by atoms with Gasteiger partial charge in [0.1, 0.15) is 17.2 Å². The van der Waals surface area contributed by atoms with E-state index in [-0.39, 0.29) is 23.9 Å². The molecule has 3 fully saturated rings. The van der Waals surface area contributed by atoms with Crippen LogP contribution in [0.5, 0.6) is 0 Å². The highest BCUT2D eigenvalue weighted by Crippen LogP contribution is 2.40. The van der Waals surface area contributed by atoms with E-state index in [1.165, 1.54) is 37.0 Å². The number of nitrogens with one attached hydrogen (secondary N) is 1. The smallest absolute Gasteiger partial charge is 0.297 e. The number of piperidine rings is 1. The summed E-state index contributed by atoms with van der Waals surface area (Å²) in [4.78, 5) is 22.6. The molecule has 1 N–H and O–H groups in total. The van der Waals surface area contributed by atoms with Gasteiger partial charge in [0.05, 0.1) is 6.04 Å². The van der Waals surface area contributed by atoms with E-state index in [4.69, 9.17) is 4.99 Å². The summed E-state index contributed by atoms with van der Waals surface area (Å²) in [5.41, 5.74) is 1.38. The Morgan fingerprint density at radius 3 is 2.74 bits per heavy atom. The lowest BCUT2D eigenvalue weighted by Gasteiger charge is -2.47. The number of hydrogen-bond donors (Lipinski definition) is 1. The summed E-state index contributed by atoms with van der Waals surface area (Å²) in [6, 6.07) is 6.75. The Labute approximate surface area is 185 Å². The van der Waals surface area contributed by atoms with Crippen molar-refractivity contribution < 1.29 is 9.18 Å². The first-order valence-corrected chi connectivity index (χ1v) is 11.7. The molecule has 5 nitrogen and oxygen atoms in total. The maximum absolute atomic E-state index is 14.1. The van der Waals surface area contributed by atoms with Crippen LogP contribution in [-0.4, -0.2) is 47.5 Å². The molecule has 0 bridgehead atoms. The van der Waals surface area contributed by atoms with Crippen LogP contribution in [0.4, 0.5) is 14.9 Å². The van der Waals surface area contributed by atoms with Crippen molar-refractivity contribution in [2.45, 2.75) is 83.3 Å². The molecule has 1 spiro atoms. The number of urea groups is 1. The van der Waals surface area contributed by atoms with E-state index in [1.54, 1.807) is 11.0 Å². The van der Waals surface area contributed by atoms with E-state index in [0.717, 1.165) is 44.6 Å². The Morgan fingerprint density at radius 2 is 2.06 bits per heavy atom. The minimum Gasteiger partial charge on any atom is -0.297 e. The number of allylic oxidation sites excluding steroid dienone is 1. The number of halogens is 1. The van der Waals surface area contributed by atoms with Crippen molar-refractivity contribution in [2.75, 3.05) is 18.0 Å². The molecule has 1 aliphatic carbocycles. The lowest BCUT2D eigenvalue weighted by atomic mass is 9.81. The molecule has 6 heteroatoms. The average molecular weight is 427 g/mol. The Morgan fingerprint density at radius 1 is 1.29 bits per heavy atom. The summed E-state index contributed by atoms with van der Waals surface area (Å²) in [5.74, 6) is 0.467. The van der Waals surface area contributed by atoms with E-state index in [2.05, 4.69) is 37.1 Å². The number of rotatable bonds is 4. The van der Waals surface area contributed by atoms with Crippen LogP contribution in [0.2, 0.25) is 0 Å². The van der Waals surface area contributed by atoms with Crippen LogP contribution in [0.1, 0.15) is 65.7 Å². The van der Waals surface area contributed by atoms with Gasteiger partial charge in [-0.2, -0.15) is 0 Å². The molecule has 2 heterocycles. The van der Waals surface area contributed by atoms with Gasteiger partial charge < -0.3 is 0 Å². The standard InChI is InChI=1S/C25H35FN4O/c1-18(2)12-14-29-15-13-25(17-19(29)3)23(27-21-9-5-4-6-10-21)28-24(31)30(25)22-11-7-8-20(26)16-22/h7-8,11-12,16,19,21H,4-6,9-10,13-15,17H2,1-3H3,(H,27,28,31)/t19-,25+/m1/s1. The van der Waals surface area contributed by atoms with Crippen LogP contribution in [-0.2, 0) is 0 Å². The number of benzene rings is 1. The molecule has 3 aliphatic rings. The maximum atomic E-state index is 14.1. The largest absolute Gasteiger partial charge is 0.328 e. The first kappa shape index (κ1) is 22.0. The van der Waals surface area contributed by atoms with Crippen LogP contribution >= 0.6 is 0 Å². The van der Waals surface area contributed by atoms with E-state index in [9.17, 15) is 9.18 Å². The molecule has 1 aromatic rings. The van der Waals surface area contributed by atoms with E-state index < -0.39 is 5.54 Å². The molecule has 168 valence electrons. The van der Waals surface area contributed by atoms with Gasteiger partial charge in [-0.25, -0.2) is 9.18 Å². The molecule has 31 heavy (non-hydrogen) atoms. The molecular weight excluding hydrogens is 391 g/mol. The second-order valence-corrected chi connectivity index (χ2v) is 9.63. The van der Waals surface area contributed by atoms with E-state index >= 15 is 0 Å². The van der Waals surface area contributed by atoms with Crippen molar-refractivity contribution in [1.82, 2.24) is 10.2 Å². The molecule has 2 atom stereocenters. The molecular formula is C25H35FN4O. The third-order valence-corrected chi connectivity index (χ3v) is 7.05. The van der Waals surface area contributed by atoms with Crippen molar-refractivity contribution in [2.24, 2.45) is 4.99 Å². The lowest BCUT2D eigenvalue weighted by molar-refractivity contribution is 0.145. The monoisotopic (exact) mass is 426 g/mol. The minimum atomic E-state index is -0.538. The van der Waals surface area contributed by atoms with Gasteiger partial charge >= 0.3 is 6.03 Å². The highest BCUT2D eigenvalue weighted by Gasteiger charge is 2.54. The number of carbonyl (C=O) groups is 1. The zero-order valence-electron chi connectivity index (χ0n) is 19.0. The van der Waals surface area contributed by atoms with Gasteiger partial charge in [-0.1, -0.05) is 37.0 Å². The molecule has 0 unspecified atom stereocenters. The second-order valence-electron chi connectivity index (χ2n) is 9.63. The van der Waals surface area contributed by atoms with Crippen LogP contribution in [0, 0.1) is 5.82 Å². The molecule has 0 aromatic heterocycles. The number of hydrogen-bond acceptors (Lipinski definition) is 3. The molecule has 2 saturated heterocycles. The maximum Gasteiger partial charge on any atom is 0.328 e. The fraction of sp³-hybridized carbons (Fsp3) is 0.600. The fourth-order valence-electron chi connectivity index (χ4n) is 5.36. The first-order chi connectivity index (χ1) is 14.9. The summed E-state index contributed by atoms with van der Waals surface area (Å²) in [7, 11) is 0. The lowest BCUT2D eigenvalue weighted by Crippen LogP contribution is -2.59. The van der Waals surface area contributed by atoms with E-state index in [0.29, 0.717) is 5.69 Å². The SMILES string of the molecule is CC(C)=CCN1CC[C@]2(C[C@H]1C)C(=NC1CCCCC1)NC(=O)N2c1cccc(F)c1. The van der Waals surface area contributed by atoms with Gasteiger partial charge in [0.15, 0.2) is 0 Å². The fourth-order valence-corrected chi connectivity index (χ4v) is 5.36. The highest BCUT2D eigenvalue weighted by molar-refractivity contribution is 6.19. The van der Waals surface area contributed by atoms with Crippen molar-refractivity contribution in [1.29, 1.82) is 0 Å². The Kier molecular flexibility index (Phi) is 6.47. The number of carbonyl (C=O) groups excluding carboxylic acids is 1. The number of amidine groups is 1. The Bertz CT molecular complexity index is 872. The topological polar surface area (TPSA) is 47.9 Å². The quantitative estimate of drug-likeness (QED) is 0.666. The minimum absolute atomic E-state index is 0.190. The predicted octanol–water partition coefficient (Wildman–Crippen LogP) is 5.28. The summed E-state index contributed by atoms with van der Waals surface area (Å²) >= 11 is 0. The zero-order valence-corrected chi connectivity index (χ0v) is 19.0. The molecule has 1 saturated carbocycles. The van der Waals surface area contributed by atoms with Crippen LogP contribution < -0.4 is 10.2 Å². The van der Waals surface area contributed by atoms with Gasteiger partial charge in [-0.3, -0.25) is 20.1 Å². The Hall–Kier alpha value is -2.21. The summed E-state index contributed by atoms with van der Waals surface area (Å²) < 4.78 is 14.1. The number of aliphatic imine (C=N–C) groups is 1. The van der Waals surface area contributed by atoms with Gasteiger partial charge in [0.2, 0.25) is 0 Å². The first-order valence-electron chi connectivity index (χ1n) is 11.7. The molecule has 2 aliphatic heterocycles. The van der Waals surface area contributed by atoms with Crippen molar-refractivity contribution >= 4 is 17.6 Å². The number of anilines is 1. The van der Waals surface area contributed by atoms with Crippen molar-refractivity contribution in [3.63, 3.8) is 0 Å². The molecule has 4 rings (SSSR count). The Balaban J connectivity index is 1.69. The second kappa shape index (κ2) is 9.11. The van der Waals surface area contributed by atoms with Crippen LogP contribution in [0.3, 0.4) is 0 Å². The molecule has 1 aromatic carbocycles. The third-order valence-electron chi connectivity index (χ3n) is 7.05. The summed E-state index contributed by atoms with van der Waals surface area (Å²) in [6.07, 6.45) is 9.65. The van der Waals surface area contributed by atoms with Gasteiger partial charge in [0, 0.05) is 24.8 Å². The van der Waals surface area contributed by atoms with Gasteiger partial charge in [0.25, 0.3) is 0 Å². The highest BCUT2D eigenvalue weighted by atomic mass is 19.1. The van der Waals surface area contributed by atoms with Crippen molar-refractivity contribution in [3.8, 4) is 0 Å². The number of nitrogens with zero attached hydrogens (tertiary/aromatic N) is 3. The molecule has 2 amide bonds. The van der Waals surface area contributed by atoms with Gasteiger partial charge in [-0.15, -0.1) is 0 Å². The molecule has 0 radical (unpaired) electrons. The number of likely N-dealkylation sites (tertiary alicyclic amines) is 1. The summed E-state index contributed by atoms with van der Waals surface area (Å²) in [5, 5.41) is 3.10.